The summed E-state index contributed by atoms with van der Waals surface area (Å²) in [6.45, 7) is 5.37. The number of hydrogen-bond donors (Lipinski definition) is 0. The van der Waals surface area contributed by atoms with Crippen molar-refractivity contribution < 1.29 is 19.1 Å². The van der Waals surface area contributed by atoms with E-state index in [-0.39, 0.29) is 12.8 Å². The van der Waals surface area contributed by atoms with Crippen molar-refractivity contribution in [3.05, 3.63) is 71.8 Å². The Bertz CT molecular complexity index is 715. The Balaban J connectivity index is 2.57. The van der Waals surface area contributed by atoms with Gasteiger partial charge in [0.25, 0.3) is 0 Å². The van der Waals surface area contributed by atoms with Gasteiger partial charge in [-0.3, -0.25) is 4.90 Å². The third-order valence-corrected chi connectivity index (χ3v) is 4.28. The topological polar surface area (TPSA) is 63.7 Å². The van der Waals surface area contributed by atoms with E-state index >= 15 is 0 Å². The zero-order valence-corrected chi connectivity index (χ0v) is 16.6. The molecule has 0 saturated carbocycles. The van der Waals surface area contributed by atoms with E-state index in [0.717, 1.165) is 23.7 Å². The first-order chi connectivity index (χ1) is 13.4. The molecule has 148 valence electrons. The third-order valence-electron chi connectivity index (χ3n) is 4.28. The summed E-state index contributed by atoms with van der Waals surface area (Å²) in [4.78, 5) is 37.7. The Morgan fingerprint density at radius 3 is 1.57 bits per heavy atom. The number of carbonyl (C=O) groups excluding carboxylic acids is 3. The molecule has 0 spiro atoms. The van der Waals surface area contributed by atoms with E-state index in [4.69, 9.17) is 4.74 Å². The molecule has 2 atom stereocenters. The molecule has 0 N–H and O–H groups in total. The number of nitrogens with zero attached hydrogens (tertiary/aromatic N) is 1. The van der Waals surface area contributed by atoms with Crippen molar-refractivity contribution in [2.45, 2.75) is 51.3 Å². The first kappa shape index (κ1) is 21.4. The number of carbonyl (C=O) groups is 3. The quantitative estimate of drug-likeness (QED) is 0.611. The minimum Gasteiger partial charge on any atom is -0.444 e. The van der Waals surface area contributed by atoms with Gasteiger partial charge in [-0.1, -0.05) is 60.7 Å². The minimum absolute atomic E-state index is 0.103. The molecule has 0 aliphatic rings. The second kappa shape index (κ2) is 9.83. The van der Waals surface area contributed by atoms with Gasteiger partial charge in [-0.25, -0.2) is 4.79 Å². The van der Waals surface area contributed by atoms with E-state index in [1.54, 1.807) is 20.8 Å². The molecule has 0 heterocycles. The summed E-state index contributed by atoms with van der Waals surface area (Å²) in [5, 5.41) is 0. The summed E-state index contributed by atoms with van der Waals surface area (Å²) >= 11 is 0. The van der Waals surface area contributed by atoms with Gasteiger partial charge in [0.15, 0.2) is 0 Å². The van der Waals surface area contributed by atoms with Crippen LogP contribution in [0.5, 0.6) is 0 Å². The van der Waals surface area contributed by atoms with Crippen LogP contribution in [0.4, 0.5) is 4.79 Å². The first-order valence-corrected chi connectivity index (χ1v) is 9.36. The molecule has 0 aliphatic heterocycles. The molecule has 0 radical (unpaired) electrons. The Hall–Kier alpha value is -2.95. The number of aldehydes is 2. The van der Waals surface area contributed by atoms with Crippen LogP contribution >= 0.6 is 0 Å². The second-order valence-corrected chi connectivity index (χ2v) is 7.55. The van der Waals surface area contributed by atoms with E-state index < -0.39 is 23.8 Å². The Morgan fingerprint density at radius 2 is 1.25 bits per heavy atom. The van der Waals surface area contributed by atoms with E-state index in [1.807, 2.05) is 60.7 Å². The van der Waals surface area contributed by atoms with Crippen LogP contribution in [0.3, 0.4) is 0 Å². The van der Waals surface area contributed by atoms with Crippen LogP contribution in [0, 0.1) is 0 Å². The molecule has 0 aromatic heterocycles. The predicted octanol–water partition coefficient (Wildman–Crippen LogP) is 4.88. The average molecular weight is 381 g/mol. The van der Waals surface area contributed by atoms with Gasteiger partial charge < -0.3 is 14.3 Å². The third kappa shape index (κ3) is 5.78. The Morgan fingerprint density at radius 1 is 0.857 bits per heavy atom. The van der Waals surface area contributed by atoms with Crippen LogP contribution in [0.25, 0.3) is 0 Å². The van der Waals surface area contributed by atoms with E-state index in [9.17, 15) is 14.4 Å². The van der Waals surface area contributed by atoms with Crippen LogP contribution in [-0.2, 0) is 14.3 Å². The predicted molar refractivity (Wildman–Crippen MR) is 108 cm³/mol. The lowest BCUT2D eigenvalue weighted by atomic mass is 9.96. The van der Waals surface area contributed by atoms with Crippen molar-refractivity contribution in [1.82, 2.24) is 4.90 Å². The fraction of sp³-hybridized carbons (Fsp3) is 0.348. The van der Waals surface area contributed by atoms with Crippen LogP contribution in [0.1, 0.15) is 56.8 Å². The minimum atomic E-state index is -0.708. The lowest BCUT2D eigenvalue weighted by molar-refractivity contribution is -0.109. The zero-order chi connectivity index (χ0) is 20.6. The highest BCUT2D eigenvalue weighted by Crippen LogP contribution is 2.35. The maximum absolute atomic E-state index is 13.2. The summed E-state index contributed by atoms with van der Waals surface area (Å²) in [6, 6.07) is 17.6. The van der Waals surface area contributed by atoms with Gasteiger partial charge >= 0.3 is 6.09 Å². The van der Waals surface area contributed by atoms with Crippen molar-refractivity contribution in [2.75, 3.05) is 0 Å². The largest absolute Gasteiger partial charge is 0.444 e. The SMILES string of the molecule is CC(C)(C)OC(=O)N(C(CC=O)c1ccccc1)C(CC=O)c1ccccc1. The van der Waals surface area contributed by atoms with Crippen LogP contribution in [-0.4, -0.2) is 29.2 Å². The molecule has 0 bridgehead atoms. The summed E-state index contributed by atoms with van der Waals surface area (Å²) < 4.78 is 5.65. The van der Waals surface area contributed by atoms with Crippen molar-refractivity contribution in [2.24, 2.45) is 0 Å². The Kier molecular flexibility index (Phi) is 7.50. The maximum atomic E-state index is 13.2. The molecular formula is C23H27NO4. The molecule has 2 unspecified atom stereocenters. The van der Waals surface area contributed by atoms with Gasteiger partial charge in [0.2, 0.25) is 0 Å². The first-order valence-electron chi connectivity index (χ1n) is 9.36. The Labute approximate surface area is 166 Å². The van der Waals surface area contributed by atoms with Gasteiger partial charge in [0, 0.05) is 12.8 Å². The maximum Gasteiger partial charge on any atom is 0.411 e. The fourth-order valence-electron chi connectivity index (χ4n) is 3.14. The van der Waals surface area contributed by atoms with E-state index in [0.29, 0.717) is 0 Å². The second-order valence-electron chi connectivity index (χ2n) is 7.55. The van der Waals surface area contributed by atoms with E-state index in [2.05, 4.69) is 0 Å². The molecule has 2 aromatic carbocycles. The summed E-state index contributed by atoms with van der Waals surface area (Å²) in [5.41, 5.74) is 0.916. The number of rotatable bonds is 8. The van der Waals surface area contributed by atoms with Crippen LogP contribution in [0.15, 0.2) is 60.7 Å². The van der Waals surface area contributed by atoms with Gasteiger partial charge in [0.1, 0.15) is 18.2 Å². The number of hydrogen-bond acceptors (Lipinski definition) is 4. The molecular weight excluding hydrogens is 354 g/mol. The average Bonchev–Trinajstić information content (AvgIpc) is 2.67. The van der Waals surface area contributed by atoms with Crippen LogP contribution in [0.2, 0.25) is 0 Å². The van der Waals surface area contributed by atoms with Crippen molar-refractivity contribution in [3.63, 3.8) is 0 Å². The van der Waals surface area contributed by atoms with E-state index in [1.165, 1.54) is 4.90 Å². The lowest BCUT2D eigenvalue weighted by Crippen LogP contribution is -2.42. The summed E-state index contributed by atoms with van der Waals surface area (Å²) in [7, 11) is 0. The smallest absolute Gasteiger partial charge is 0.411 e. The highest BCUT2D eigenvalue weighted by Gasteiger charge is 2.35. The highest BCUT2D eigenvalue weighted by atomic mass is 16.6. The molecule has 28 heavy (non-hydrogen) atoms. The fourth-order valence-corrected chi connectivity index (χ4v) is 3.14. The normalized spacial score (nSPS) is 13.2. The molecule has 2 rings (SSSR count). The van der Waals surface area contributed by atoms with Gasteiger partial charge in [-0.2, -0.15) is 0 Å². The highest BCUT2D eigenvalue weighted by molar-refractivity contribution is 5.71. The monoisotopic (exact) mass is 381 g/mol. The number of amides is 1. The molecule has 0 fully saturated rings. The van der Waals surface area contributed by atoms with Crippen LogP contribution < -0.4 is 0 Å². The molecule has 1 amide bonds. The molecule has 0 aliphatic carbocycles. The molecule has 2 aromatic rings. The molecule has 5 nitrogen and oxygen atoms in total. The molecule has 0 saturated heterocycles. The van der Waals surface area contributed by atoms with Crippen molar-refractivity contribution in [3.8, 4) is 0 Å². The van der Waals surface area contributed by atoms with Crippen molar-refractivity contribution in [1.29, 1.82) is 0 Å². The molecule has 5 heteroatoms. The van der Waals surface area contributed by atoms with Gasteiger partial charge in [0.05, 0.1) is 12.1 Å². The number of ether oxygens (including phenoxy) is 1. The standard InChI is InChI=1S/C23H27NO4/c1-23(2,3)28-22(27)24(20(14-16-25)18-10-6-4-7-11-18)21(15-17-26)19-12-8-5-9-13-19/h4-13,16-17,20-21H,14-15H2,1-3H3. The van der Waals surface area contributed by atoms with Gasteiger partial charge in [-0.15, -0.1) is 0 Å². The summed E-state index contributed by atoms with van der Waals surface area (Å²) in [5.74, 6) is 0. The van der Waals surface area contributed by atoms with Gasteiger partial charge in [-0.05, 0) is 31.9 Å². The summed E-state index contributed by atoms with van der Waals surface area (Å²) in [6.07, 6.45) is 1.23. The van der Waals surface area contributed by atoms with Crippen molar-refractivity contribution >= 4 is 18.7 Å². The lowest BCUT2D eigenvalue weighted by Gasteiger charge is -2.38. The zero-order valence-electron chi connectivity index (χ0n) is 16.6. The number of benzene rings is 2.